The van der Waals surface area contributed by atoms with Crippen LogP contribution < -0.4 is 14.8 Å². The van der Waals surface area contributed by atoms with E-state index >= 15 is 0 Å². The van der Waals surface area contributed by atoms with E-state index in [0.29, 0.717) is 19.0 Å². The van der Waals surface area contributed by atoms with Gasteiger partial charge < -0.3 is 14.8 Å². The van der Waals surface area contributed by atoms with E-state index in [0.717, 1.165) is 32.9 Å². The van der Waals surface area contributed by atoms with E-state index in [9.17, 15) is 4.79 Å². The van der Waals surface area contributed by atoms with Crippen molar-refractivity contribution in [1.82, 2.24) is 0 Å². The molecule has 0 atom stereocenters. The molecule has 0 spiro atoms. The van der Waals surface area contributed by atoms with Gasteiger partial charge >= 0.3 is 0 Å². The average molecular weight is 351 g/mol. The molecule has 0 aromatic heterocycles. The summed E-state index contributed by atoms with van der Waals surface area (Å²) in [5, 5.41) is 5.22. The van der Waals surface area contributed by atoms with E-state index < -0.39 is 0 Å². The van der Waals surface area contributed by atoms with Crippen LogP contribution in [0.3, 0.4) is 0 Å². The lowest BCUT2D eigenvalue weighted by atomic mass is 10.1. The highest BCUT2D eigenvalue weighted by atomic mass is 32.2. The normalized spacial score (nSPS) is 12.8. The largest absolute Gasteiger partial charge is 0.486 e. The van der Waals surface area contributed by atoms with Crippen molar-refractivity contribution in [3.8, 4) is 11.5 Å². The molecule has 0 saturated carbocycles. The van der Waals surface area contributed by atoms with E-state index in [2.05, 4.69) is 11.4 Å². The Morgan fingerprint density at radius 2 is 1.72 bits per heavy atom. The SMILES string of the molecule is O=C(CSc1ccc2c(c1)OCCO2)Nc1ccc2ccccc2c1. The fraction of sp³-hybridized carbons (Fsp3) is 0.150. The van der Waals surface area contributed by atoms with E-state index in [-0.39, 0.29) is 5.91 Å². The van der Waals surface area contributed by atoms with Gasteiger partial charge in [-0.3, -0.25) is 4.79 Å². The van der Waals surface area contributed by atoms with Crippen LogP contribution in [-0.2, 0) is 4.79 Å². The van der Waals surface area contributed by atoms with Crippen molar-refractivity contribution in [3.63, 3.8) is 0 Å². The summed E-state index contributed by atoms with van der Waals surface area (Å²) in [5.74, 6) is 1.81. The maximum atomic E-state index is 12.2. The van der Waals surface area contributed by atoms with Gasteiger partial charge in [0, 0.05) is 10.6 Å². The summed E-state index contributed by atoms with van der Waals surface area (Å²) in [6.07, 6.45) is 0. The predicted molar refractivity (Wildman–Crippen MR) is 101 cm³/mol. The summed E-state index contributed by atoms with van der Waals surface area (Å²) in [4.78, 5) is 13.2. The molecule has 1 aliphatic rings. The Morgan fingerprint density at radius 1 is 0.920 bits per heavy atom. The lowest BCUT2D eigenvalue weighted by molar-refractivity contribution is -0.113. The molecule has 0 fully saturated rings. The minimum atomic E-state index is -0.0322. The summed E-state index contributed by atoms with van der Waals surface area (Å²) in [5.41, 5.74) is 0.812. The first kappa shape index (κ1) is 15.8. The molecule has 1 amide bonds. The van der Waals surface area contributed by atoms with Crippen molar-refractivity contribution in [3.05, 3.63) is 60.7 Å². The van der Waals surface area contributed by atoms with Gasteiger partial charge in [0.05, 0.1) is 5.75 Å². The number of thioether (sulfide) groups is 1. The number of anilines is 1. The van der Waals surface area contributed by atoms with E-state index in [1.54, 1.807) is 0 Å². The van der Waals surface area contributed by atoms with Crippen molar-refractivity contribution < 1.29 is 14.3 Å². The minimum absolute atomic E-state index is 0.0322. The van der Waals surface area contributed by atoms with Crippen molar-refractivity contribution in [1.29, 1.82) is 0 Å². The number of carbonyl (C=O) groups excluding carboxylic acids is 1. The number of hydrogen-bond donors (Lipinski definition) is 1. The molecule has 1 heterocycles. The number of amides is 1. The molecule has 1 aliphatic heterocycles. The van der Waals surface area contributed by atoms with Gasteiger partial charge in [0.15, 0.2) is 11.5 Å². The molecule has 1 N–H and O–H groups in total. The van der Waals surface area contributed by atoms with Gasteiger partial charge in [0.25, 0.3) is 0 Å². The molecule has 4 nitrogen and oxygen atoms in total. The zero-order valence-electron chi connectivity index (χ0n) is 13.5. The molecular formula is C20H17NO3S. The first-order valence-corrected chi connectivity index (χ1v) is 9.08. The van der Waals surface area contributed by atoms with Crippen molar-refractivity contribution in [2.75, 3.05) is 24.3 Å². The van der Waals surface area contributed by atoms with Crippen molar-refractivity contribution in [2.45, 2.75) is 4.90 Å². The van der Waals surface area contributed by atoms with Gasteiger partial charge in [-0.05, 0) is 41.1 Å². The van der Waals surface area contributed by atoms with Gasteiger partial charge in [0.2, 0.25) is 5.91 Å². The molecular weight excluding hydrogens is 334 g/mol. The second kappa shape index (κ2) is 7.07. The minimum Gasteiger partial charge on any atom is -0.486 e. The molecule has 0 saturated heterocycles. The topological polar surface area (TPSA) is 47.6 Å². The number of benzene rings is 3. The quantitative estimate of drug-likeness (QED) is 0.710. The number of nitrogens with one attached hydrogen (secondary N) is 1. The molecule has 25 heavy (non-hydrogen) atoms. The van der Waals surface area contributed by atoms with Crippen LogP contribution in [0.4, 0.5) is 5.69 Å². The average Bonchev–Trinajstić information content (AvgIpc) is 2.66. The first-order valence-electron chi connectivity index (χ1n) is 8.09. The van der Waals surface area contributed by atoms with Crippen LogP contribution in [0.5, 0.6) is 11.5 Å². The molecule has 3 aromatic rings. The Morgan fingerprint density at radius 3 is 2.60 bits per heavy atom. The first-order chi connectivity index (χ1) is 12.3. The van der Waals surface area contributed by atoms with Gasteiger partial charge in [-0.1, -0.05) is 30.3 Å². The standard InChI is InChI=1S/C20H17NO3S/c22-20(21-16-6-5-14-3-1-2-4-15(14)11-16)13-25-17-7-8-18-19(12-17)24-10-9-23-18/h1-8,11-12H,9-10,13H2,(H,21,22). The third-order valence-corrected chi connectivity index (χ3v) is 4.91. The Hall–Kier alpha value is -2.66. The van der Waals surface area contributed by atoms with Gasteiger partial charge in [-0.2, -0.15) is 0 Å². The molecule has 0 unspecified atom stereocenters. The molecule has 3 aromatic carbocycles. The molecule has 5 heteroatoms. The molecule has 126 valence electrons. The fourth-order valence-corrected chi connectivity index (χ4v) is 3.45. The monoisotopic (exact) mass is 351 g/mol. The maximum absolute atomic E-state index is 12.2. The maximum Gasteiger partial charge on any atom is 0.234 e. The fourth-order valence-electron chi connectivity index (χ4n) is 2.73. The zero-order valence-corrected chi connectivity index (χ0v) is 14.3. The molecule has 0 bridgehead atoms. The highest BCUT2D eigenvalue weighted by molar-refractivity contribution is 8.00. The summed E-state index contributed by atoms with van der Waals surface area (Å²) >= 11 is 1.48. The van der Waals surface area contributed by atoms with Crippen LogP contribution in [0.25, 0.3) is 10.8 Å². The number of carbonyl (C=O) groups is 1. The third-order valence-electron chi connectivity index (χ3n) is 3.92. The Bertz CT molecular complexity index is 926. The Kier molecular flexibility index (Phi) is 4.48. The third kappa shape index (κ3) is 3.72. The smallest absolute Gasteiger partial charge is 0.234 e. The summed E-state index contributed by atoms with van der Waals surface area (Å²) < 4.78 is 11.1. The van der Waals surface area contributed by atoms with E-state index in [1.807, 2.05) is 54.6 Å². The van der Waals surface area contributed by atoms with Crippen LogP contribution >= 0.6 is 11.8 Å². The van der Waals surface area contributed by atoms with Gasteiger partial charge in [-0.25, -0.2) is 0 Å². The summed E-state index contributed by atoms with van der Waals surface area (Å²) in [6.45, 7) is 1.14. The lowest BCUT2D eigenvalue weighted by Gasteiger charge is -2.18. The second-order valence-electron chi connectivity index (χ2n) is 5.70. The Labute approximate surface area is 150 Å². The van der Waals surface area contributed by atoms with Crippen LogP contribution in [0, 0.1) is 0 Å². The number of fused-ring (bicyclic) bond motifs is 2. The highest BCUT2D eigenvalue weighted by Crippen LogP contribution is 2.34. The number of ether oxygens (including phenoxy) is 2. The lowest BCUT2D eigenvalue weighted by Crippen LogP contribution is -2.15. The van der Waals surface area contributed by atoms with E-state index in [4.69, 9.17) is 9.47 Å². The van der Waals surface area contributed by atoms with Crippen LogP contribution in [0.1, 0.15) is 0 Å². The predicted octanol–water partition coefficient (Wildman–Crippen LogP) is 4.34. The van der Waals surface area contributed by atoms with Crippen molar-refractivity contribution >= 4 is 34.1 Å². The molecule has 4 rings (SSSR count). The molecule has 0 aliphatic carbocycles. The van der Waals surface area contributed by atoms with Gasteiger partial charge in [0.1, 0.15) is 13.2 Å². The van der Waals surface area contributed by atoms with Crippen molar-refractivity contribution in [2.24, 2.45) is 0 Å². The van der Waals surface area contributed by atoms with Gasteiger partial charge in [-0.15, -0.1) is 11.8 Å². The zero-order chi connectivity index (χ0) is 17.1. The van der Waals surface area contributed by atoms with Crippen LogP contribution in [0.2, 0.25) is 0 Å². The molecule has 0 radical (unpaired) electrons. The number of rotatable bonds is 4. The highest BCUT2D eigenvalue weighted by Gasteiger charge is 2.12. The summed E-state index contributed by atoms with van der Waals surface area (Å²) in [6, 6.07) is 19.8. The summed E-state index contributed by atoms with van der Waals surface area (Å²) in [7, 11) is 0. The number of hydrogen-bond acceptors (Lipinski definition) is 4. The Balaban J connectivity index is 1.38. The van der Waals surface area contributed by atoms with Crippen LogP contribution in [-0.4, -0.2) is 24.9 Å². The van der Waals surface area contributed by atoms with Crippen LogP contribution in [0.15, 0.2) is 65.6 Å². The second-order valence-corrected chi connectivity index (χ2v) is 6.75. The van der Waals surface area contributed by atoms with E-state index in [1.165, 1.54) is 11.8 Å².